The predicted octanol–water partition coefficient (Wildman–Crippen LogP) is 5.56. The molecule has 1 fully saturated rings. The number of aliphatic hydroxyl groups is 1. The quantitative estimate of drug-likeness (QED) is 0.304. The first kappa shape index (κ1) is 32.2. The standard InChI is InChI=1S/C26H35FN2O5.C6H5Cl/c1-5-23(28-25(31)18-9-11-29(2)12-10-18)26(32,16-17-7-6-8-19(27)13-17)24-21(30)14-20(33-3)15-22(24)34-4;7-6-4-2-1-3-5-6/h6-8,13-15,18,23,30,32H,5,9-12,16H2,1-4H3,(H,28,31);1-5H/t23-,26+;/m0./s1. The van der Waals surface area contributed by atoms with E-state index < -0.39 is 17.5 Å². The average Bonchev–Trinajstić information content (AvgIpc) is 2.96. The second-order valence-electron chi connectivity index (χ2n) is 10.3. The Bertz CT molecular complexity index is 1270. The number of benzene rings is 3. The Balaban J connectivity index is 0.000000575. The highest BCUT2D eigenvalue weighted by atomic mass is 35.5. The molecular weight excluding hydrogens is 547 g/mol. The summed E-state index contributed by atoms with van der Waals surface area (Å²) < 4.78 is 24.7. The molecule has 222 valence electrons. The molecule has 1 aliphatic rings. The summed E-state index contributed by atoms with van der Waals surface area (Å²) in [4.78, 5) is 15.4. The van der Waals surface area contributed by atoms with Crippen LogP contribution in [0.3, 0.4) is 0 Å². The van der Waals surface area contributed by atoms with Crippen LogP contribution in [0, 0.1) is 11.7 Å². The van der Waals surface area contributed by atoms with Crippen molar-refractivity contribution in [1.29, 1.82) is 0 Å². The monoisotopic (exact) mass is 586 g/mol. The van der Waals surface area contributed by atoms with Gasteiger partial charge in [0.05, 0.1) is 25.8 Å². The Kier molecular flexibility index (Phi) is 11.8. The van der Waals surface area contributed by atoms with Crippen molar-refractivity contribution in [1.82, 2.24) is 10.2 Å². The van der Waals surface area contributed by atoms with Crippen molar-refractivity contribution in [3.8, 4) is 17.2 Å². The number of hydrogen-bond donors (Lipinski definition) is 3. The van der Waals surface area contributed by atoms with Crippen LogP contribution in [0.4, 0.5) is 4.39 Å². The van der Waals surface area contributed by atoms with E-state index in [1.807, 2.05) is 44.3 Å². The maximum atomic E-state index is 14.0. The van der Waals surface area contributed by atoms with Gasteiger partial charge in [-0.25, -0.2) is 4.39 Å². The maximum Gasteiger partial charge on any atom is 0.223 e. The van der Waals surface area contributed by atoms with Crippen LogP contribution in [0.15, 0.2) is 66.7 Å². The van der Waals surface area contributed by atoms with Gasteiger partial charge in [0.15, 0.2) is 0 Å². The number of ether oxygens (including phenoxy) is 2. The van der Waals surface area contributed by atoms with E-state index in [4.69, 9.17) is 21.1 Å². The third-order valence-corrected chi connectivity index (χ3v) is 7.68. The Morgan fingerprint density at radius 1 is 1.10 bits per heavy atom. The fraction of sp³-hybridized carbons (Fsp3) is 0.406. The van der Waals surface area contributed by atoms with Crippen LogP contribution in [0.5, 0.6) is 17.2 Å². The molecule has 3 N–H and O–H groups in total. The summed E-state index contributed by atoms with van der Waals surface area (Å²) in [6, 6.07) is 17.6. The van der Waals surface area contributed by atoms with Crippen molar-refractivity contribution in [2.45, 2.75) is 44.2 Å². The van der Waals surface area contributed by atoms with Crippen molar-refractivity contribution in [2.75, 3.05) is 34.4 Å². The third-order valence-electron chi connectivity index (χ3n) is 7.43. The summed E-state index contributed by atoms with van der Waals surface area (Å²) in [6.07, 6.45) is 1.79. The zero-order valence-corrected chi connectivity index (χ0v) is 24.8. The topological polar surface area (TPSA) is 91.3 Å². The molecule has 2 atom stereocenters. The number of piperidine rings is 1. The van der Waals surface area contributed by atoms with Gasteiger partial charge in [-0.2, -0.15) is 0 Å². The Labute approximate surface area is 246 Å². The average molecular weight is 587 g/mol. The summed E-state index contributed by atoms with van der Waals surface area (Å²) in [5, 5.41) is 27.0. The molecule has 0 radical (unpaired) electrons. The van der Waals surface area contributed by atoms with E-state index in [9.17, 15) is 19.4 Å². The fourth-order valence-electron chi connectivity index (χ4n) is 5.17. The molecule has 41 heavy (non-hydrogen) atoms. The van der Waals surface area contributed by atoms with Gasteiger partial charge in [-0.05, 0) is 69.2 Å². The number of rotatable bonds is 9. The van der Waals surface area contributed by atoms with Gasteiger partial charge in [-0.1, -0.05) is 48.9 Å². The highest BCUT2D eigenvalue weighted by molar-refractivity contribution is 6.30. The number of methoxy groups -OCH3 is 2. The molecule has 3 aromatic rings. The molecule has 1 heterocycles. The summed E-state index contributed by atoms with van der Waals surface area (Å²) in [7, 11) is 4.92. The summed E-state index contributed by atoms with van der Waals surface area (Å²) in [5.41, 5.74) is -1.15. The Morgan fingerprint density at radius 2 is 1.78 bits per heavy atom. The zero-order chi connectivity index (χ0) is 30.0. The molecule has 7 nitrogen and oxygen atoms in total. The smallest absolute Gasteiger partial charge is 0.223 e. The van der Waals surface area contributed by atoms with E-state index in [2.05, 4.69) is 10.2 Å². The van der Waals surface area contributed by atoms with Gasteiger partial charge in [0.1, 0.15) is 28.7 Å². The van der Waals surface area contributed by atoms with Gasteiger partial charge in [0, 0.05) is 29.5 Å². The van der Waals surface area contributed by atoms with E-state index in [1.165, 1.54) is 32.4 Å². The van der Waals surface area contributed by atoms with Gasteiger partial charge in [-0.3, -0.25) is 4.79 Å². The molecule has 0 spiro atoms. The minimum Gasteiger partial charge on any atom is -0.507 e. The first-order valence-electron chi connectivity index (χ1n) is 13.7. The molecule has 1 saturated heterocycles. The molecule has 4 rings (SSSR count). The van der Waals surface area contributed by atoms with Crippen LogP contribution in [-0.4, -0.2) is 61.4 Å². The van der Waals surface area contributed by atoms with Gasteiger partial charge in [0.25, 0.3) is 0 Å². The van der Waals surface area contributed by atoms with Gasteiger partial charge < -0.3 is 29.9 Å². The number of carbonyl (C=O) groups excluding carboxylic acids is 1. The minimum absolute atomic E-state index is 0.0484. The predicted molar refractivity (Wildman–Crippen MR) is 159 cm³/mol. The van der Waals surface area contributed by atoms with Crippen molar-refractivity contribution in [3.05, 3.63) is 88.7 Å². The molecular formula is C32H40ClFN2O5. The van der Waals surface area contributed by atoms with Crippen LogP contribution < -0.4 is 14.8 Å². The van der Waals surface area contributed by atoms with Crippen LogP contribution >= 0.6 is 11.6 Å². The van der Waals surface area contributed by atoms with E-state index in [0.717, 1.165) is 31.0 Å². The number of amides is 1. The van der Waals surface area contributed by atoms with Crippen molar-refractivity contribution in [3.63, 3.8) is 0 Å². The number of phenolic OH excluding ortho intramolecular Hbond substituents is 1. The number of aromatic hydroxyl groups is 1. The van der Waals surface area contributed by atoms with Crippen LogP contribution in [-0.2, 0) is 16.8 Å². The Hall–Kier alpha value is -3.33. The maximum absolute atomic E-state index is 14.0. The SMILES string of the molecule is CC[C@H](NC(=O)C1CCN(C)CC1)[C@](O)(Cc1cccc(F)c1)c1c(O)cc(OC)cc1OC.Clc1ccccc1. The van der Waals surface area contributed by atoms with Crippen LogP contribution in [0.2, 0.25) is 5.02 Å². The van der Waals surface area contributed by atoms with E-state index in [-0.39, 0.29) is 35.3 Å². The number of halogens is 2. The summed E-state index contributed by atoms with van der Waals surface area (Å²) in [6.45, 7) is 3.51. The van der Waals surface area contributed by atoms with Crippen LogP contribution in [0.25, 0.3) is 0 Å². The number of nitrogens with one attached hydrogen (secondary N) is 1. The Morgan fingerprint density at radius 3 is 2.32 bits per heavy atom. The normalized spacial score (nSPS) is 16.1. The lowest BCUT2D eigenvalue weighted by Gasteiger charge is -2.39. The molecule has 1 amide bonds. The summed E-state index contributed by atoms with van der Waals surface area (Å²) in [5.74, 6) is -0.395. The summed E-state index contributed by atoms with van der Waals surface area (Å²) >= 11 is 5.54. The number of hydrogen-bond acceptors (Lipinski definition) is 6. The molecule has 0 unspecified atom stereocenters. The number of carbonyl (C=O) groups is 1. The van der Waals surface area contributed by atoms with Gasteiger partial charge in [0.2, 0.25) is 5.91 Å². The fourth-order valence-corrected chi connectivity index (χ4v) is 5.31. The lowest BCUT2D eigenvalue weighted by Crippen LogP contribution is -2.54. The first-order valence-corrected chi connectivity index (χ1v) is 14.1. The lowest BCUT2D eigenvalue weighted by molar-refractivity contribution is -0.130. The number of likely N-dealkylation sites (tertiary alicyclic amines) is 1. The molecule has 0 aliphatic carbocycles. The van der Waals surface area contributed by atoms with Gasteiger partial charge in [-0.15, -0.1) is 0 Å². The number of nitrogens with zero attached hydrogens (tertiary/aromatic N) is 1. The van der Waals surface area contributed by atoms with E-state index in [0.29, 0.717) is 17.7 Å². The molecule has 3 aromatic carbocycles. The molecule has 0 aromatic heterocycles. The largest absolute Gasteiger partial charge is 0.507 e. The van der Waals surface area contributed by atoms with Crippen molar-refractivity contribution >= 4 is 17.5 Å². The van der Waals surface area contributed by atoms with E-state index >= 15 is 0 Å². The second-order valence-corrected chi connectivity index (χ2v) is 10.7. The van der Waals surface area contributed by atoms with E-state index in [1.54, 1.807) is 18.2 Å². The van der Waals surface area contributed by atoms with Crippen LogP contribution in [0.1, 0.15) is 37.3 Å². The van der Waals surface area contributed by atoms with Gasteiger partial charge >= 0.3 is 0 Å². The third kappa shape index (κ3) is 8.58. The lowest BCUT2D eigenvalue weighted by atomic mass is 9.78. The number of phenols is 1. The first-order chi connectivity index (χ1) is 19.6. The molecule has 9 heteroatoms. The molecule has 1 aliphatic heterocycles. The highest BCUT2D eigenvalue weighted by Crippen LogP contribution is 2.44. The minimum atomic E-state index is -1.79. The molecule has 0 saturated carbocycles. The highest BCUT2D eigenvalue weighted by Gasteiger charge is 2.44. The molecule has 0 bridgehead atoms. The second kappa shape index (κ2) is 15.1. The van der Waals surface area contributed by atoms with Crippen molar-refractivity contribution in [2.24, 2.45) is 5.92 Å². The van der Waals surface area contributed by atoms with Crippen molar-refractivity contribution < 1.29 is 28.9 Å². The zero-order valence-electron chi connectivity index (χ0n) is 24.1.